The Labute approximate surface area is 190 Å². The van der Waals surface area contributed by atoms with Crippen LogP contribution >= 0.6 is 0 Å². The summed E-state index contributed by atoms with van der Waals surface area (Å²) in [5.41, 5.74) is 5.81. The van der Waals surface area contributed by atoms with Crippen molar-refractivity contribution in [2.24, 2.45) is 0 Å². The molecule has 0 saturated heterocycles. The van der Waals surface area contributed by atoms with Crippen molar-refractivity contribution in [2.75, 3.05) is 19.1 Å². The van der Waals surface area contributed by atoms with Crippen molar-refractivity contribution in [3.05, 3.63) is 58.7 Å². The fourth-order valence-electron chi connectivity index (χ4n) is 4.85. The maximum absolute atomic E-state index is 13.8. The molecule has 2 aromatic rings. The smallest absolute Gasteiger partial charge is 0.249 e. The molecule has 32 heavy (non-hydrogen) atoms. The number of nitrogens with zero attached hydrogens (tertiary/aromatic N) is 1. The third-order valence-electron chi connectivity index (χ3n) is 6.84. The predicted molar refractivity (Wildman–Crippen MR) is 126 cm³/mol. The van der Waals surface area contributed by atoms with E-state index < -0.39 is 6.04 Å². The van der Waals surface area contributed by atoms with Gasteiger partial charge in [-0.25, -0.2) is 0 Å². The van der Waals surface area contributed by atoms with E-state index in [1.54, 1.807) is 21.1 Å². The first-order valence-corrected chi connectivity index (χ1v) is 11.6. The Balaban J connectivity index is 1.72. The molecule has 0 aromatic heterocycles. The quantitative estimate of drug-likeness (QED) is 0.731. The Morgan fingerprint density at radius 1 is 1.12 bits per heavy atom. The molecule has 0 spiro atoms. The molecule has 1 aliphatic heterocycles. The number of hydrogen-bond donors (Lipinski definition) is 2. The highest BCUT2D eigenvalue weighted by atomic mass is 16.5. The second-order valence-corrected chi connectivity index (χ2v) is 8.75. The van der Waals surface area contributed by atoms with Crippen LogP contribution in [-0.4, -0.2) is 38.1 Å². The Kier molecular flexibility index (Phi) is 6.80. The summed E-state index contributed by atoms with van der Waals surface area (Å²) >= 11 is 0. The lowest BCUT2D eigenvalue weighted by atomic mass is 9.87. The van der Waals surface area contributed by atoms with E-state index in [2.05, 4.69) is 22.8 Å². The molecule has 2 aliphatic rings. The first-order valence-electron chi connectivity index (χ1n) is 11.6. The molecule has 2 N–H and O–H groups in total. The number of fused-ring (bicyclic) bond motifs is 2. The van der Waals surface area contributed by atoms with E-state index in [4.69, 9.17) is 4.74 Å². The van der Waals surface area contributed by atoms with Gasteiger partial charge in [-0.05, 0) is 81.3 Å². The number of benzene rings is 2. The number of aryl methyl sites for hydroxylation is 2. The second kappa shape index (κ2) is 9.74. The van der Waals surface area contributed by atoms with Crippen LogP contribution in [-0.2, 0) is 35.4 Å². The molecular weight excluding hydrogens is 402 g/mol. The van der Waals surface area contributed by atoms with Gasteiger partial charge in [0.05, 0.1) is 19.7 Å². The van der Waals surface area contributed by atoms with Crippen LogP contribution in [0.5, 0.6) is 5.75 Å². The number of ether oxygens (including phenoxy) is 1. The van der Waals surface area contributed by atoms with Gasteiger partial charge in [-0.15, -0.1) is 0 Å². The van der Waals surface area contributed by atoms with Gasteiger partial charge in [-0.2, -0.15) is 0 Å². The van der Waals surface area contributed by atoms with Crippen LogP contribution < -0.4 is 20.3 Å². The van der Waals surface area contributed by atoms with E-state index in [-0.39, 0.29) is 17.9 Å². The van der Waals surface area contributed by atoms with Crippen molar-refractivity contribution in [1.82, 2.24) is 10.6 Å². The summed E-state index contributed by atoms with van der Waals surface area (Å²) in [4.78, 5) is 28.2. The van der Waals surface area contributed by atoms with Gasteiger partial charge in [0.25, 0.3) is 0 Å². The van der Waals surface area contributed by atoms with Gasteiger partial charge < -0.3 is 20.3 Å². The van der Waals surface area contributed by atoms with Crippen molar-refractivity contribution in [1.29, 1.82) is 0 Å². The average molecular weight is 436 g/mol. The molecule has 0 fully saturated rings. The van der Waals surface area contributed by atoms with Crippen molar-refractivity contribution in [2.45, 2.75) is 64.1 Å². The number of likely N-dealkylation sites (N-methyl/N-ethyl adjacent to an activating group) is 1. The Bertz CT molecular complexity index is 1000. The minimum atomic E-state index is -0.559. The van der Waals surface area contributed by atoms with E-state index in [9.17, 15) is 9.59 Å². The molecule has 4 rings (SSSR count). The number of carbonyl (C=O) groups excluding carboxylic acids is 2. The lowest BCUT2D eigenvalue weighted by Crippen LogP contribution is -2.52. The van der Waals surface area contributed by atoms with E-state index in [1.807, 2.05) is 29.2 Å². The van der Waals surface area contributed by atoms with Crippen LogP contribution in [0.15, 0.2) is 36.4 Å². The number of para-hydroxylation sites is 1. The van der Waals surface area contributed by atoms with Gasteiger partial charge in [-0.3, -0.25) is 9.59 Å². The van der Waals surface area contributed by atoms with E-state index >= 15 is 0 Å². The summed E-state index contributed by atoms with van der Waals surface area (Å²) < 4.78 is 5.73. The minimum Gasteiger partial charge on any atom is -0.496 e. The Hall–Kier alpha value is -2.86. The van der Waals surface area contributed by atoms with Crippen LogP contribution in [0.1, 0.15) is 48.4 Å². The summed E-state index contributed by atoms with van der Waals surface area (Å²) in [5.74, 6) is 0.595. The predicted octanol–water partition coefficient (Wildman–Crippen LogP) is 3.15. The highest BCUT2D eigenvalue weighted by Gasteiger charge is 2.33. The third kappa shape index (κ3) is 4.37. The number of carbonyl (C=O) groups is 2. The lowest BCUT2D eigenvalue weighted by Gasteiger charge is -2.30. The van der Waals surface area contributed by atoms with Gasteiger partial charge in [0.15, 0.2) is 0 Å². The first-order chi connectivity index (χ1) is 15.5. The standard InChI is InChI=1S/C26H33N3O3/c1-17(27-2)25(30)28-22-14-12-19-9-5-7-11-23(19)29(26(22)31)16-21-20-10-6-4-8-18(20)13-15-24(21)32-3/h5,7,9,11,13,15,17,22,27H,4,6,8,10,12,14,16H2,1-3H3,(H,28,30)/t17-,22-/m0/s1. The fourth-order valence-corrected chi connectivity index (χ4v) is 4.85. The largest absolute Gasteiger partial charge is 0.496 e. The number of nitrogens with one attached hydrogen (secondary N) is 2. The summed E-state index contributed by atoms with van der Waals surface area (Å²) in [6.45, 7) is 2.24. The normalized spacial score (nSPS) is 18.9. The highest BCUT2D eigenvalue weighted by Crippen LogP contribution is 2.35. The monoisotopic (exact) mass is 435 g/mol. The van der Waals surface area contributed by atoms with E-state index in [1.165, 1.54) is 17.5 Å². The van der Waals surface area contributed by atoms with Crippen molar-refractivity contribution < 1.29 is 14.3 Å². The van der Waals surface area contributed by atoms with Gasteiger partial charge in [0.1, 0.15) is 11.8 Å². The van der Waals surface area contributed by atoms with Gasteiger partial charge in [0, 0.05) is 11.3 Å². The summed E-state index contributed by atoms with van der Waals surface area (Å²) in [5, 5.41) is 5.93. The molecule has 1 aliphatic carbocycles. The van der Waals surface area contributed by atoms with Gasteiger partial charge in [0.2, 0.25) is 11.8 Å². The Morgan fingerprint density at radius 2 is 1.91 bits per heavy atom. The summed E-state index contributed by atoms with van der Waals surface area (Å²) in [6.07, 6.45) is 5.74. The van der Waals surface area contributed by atoms with Crippen molar-refractivity contribution in [3.63, 3.8) is 0 Å². The fraction of sp³-hybridized carbons (Fsp3) is 0.462. The topological polar surface area (TPSA) is 70.7 Å². The highest BCUT2D eigenvalue weighted by molar-refractivity contribution is 6.01. The lowest BCUT2D eigenvalue weighted by molar-refractivity contribution is -0.128. The number of methoxy groups -OCH3 is 1. The maximum Gasteiger partial charge on any atom is 0.249 e. The number of hydrogen-bond acceptors (Lipinski definition) is 4. The van der Waals surface area contributed by atoms with Crippen LogP contribution in [0, 0.1) is 0 Å². The Morgan fingerprint density at radius 3 is 2.69 bits per heavy atom. The zero-order valence-electron chi connectivity index (χ0n) is 19.2. The minimum absolute atomic E-state index is 0.0675. The molecule has 2 aromatic carbocycles. The van der Waals surface area contributed by atoms with Crippen LogP contribution in [0.25, 0.3) is 0 Å². The van der Waals surface area contributed by atoms with Gasteiger partial charge >= 0.3 is 0 Å². The molecule has 2 amide bonds. The molecule has 0 bridgehead atoms. The summed E-state index contributed by atoms with van der Waals surface area (Å²) in [7, 11) is 3.43. The second-order valence-electron chi connectivity index (χ2n) is 8.75. The van der Waals surface area contributed by atoms with Crippen molar-refractivity contribution in [3.8, 4) is 5.75 Å². The number of amides is 2. The van der Waals surface area contributed by atoms with Crippen LogP contribution in [0.3, 0.4) is 0 Å². The van der Waals surface area contributed by atoms with Crippen LogP contribution in [0.2, 0.25) is 0 Å². The van der Waals surface area contributed by atoms with E-state index in [0.717, 1.165) is 48.2 Å². The number of rotatable bonds is 6. The molecular formula is C26H33N3O3. The first kappa shape index (κ1) is 22.3. The summed E-state index contributed by atoms with van der Waals surface area (Å²) in [6, 6.07) is 11.3. The maximum atomic E-state index is 13.8. The molecule has 0 radical (unpaired) electrons. The average Bonchev–Trinajstić information content (AvgIpc) is 2.95. The zero-order chi connectivity index (χ0) is 22.7. The SMILES string of the molecule is CN[C@@H](C)C(=O)N[C@H]1CCc2ccccc2N(Cc2c(OC)ccc3c2CCCC3)C1=O. The van der Waals surface area contributed by atoms with Crippen molar-refractivity contribution >= 4 is 17.5 Å². The molecule has 0 saturated carbocycles. The molecule has 1 heterocycles. The number of anilines is 1. The van der Waals surface area contributed by atoms with E-state index in [0.29, 0.717) is 13.0 Å². The molecule has 6 heteroatoms. The molecule has 6 nitrogen and oxygen atoms in total. The van der Waals surface area contributed by atoms with Gasteiger partial charge in [-0.1, -0.05) is 24.3 Å². The van der Waals surface area contributed by atoms with Crippen LogP contribution in [0.4, 0.5) is 5.69 Å². The molecule has 0 unspecified atom stereocenters. The third-order valence-corrected chi connectivity index (χ3v) is 6.84. The molecule has 170 valence electrons. The molecule has 2 atom stereocenters. The zero-order valence-corrected chi connectivity index (χ0v) is 19.2.